The van der Waals surface area contributed by atoms with Gasteiger partial charge >= 0.3 is 6.18 Å². The first-order chi connectivity index (χ1) is 16.1. The van der Waals surface area contributed by atoms with Crippen LogP contribution in [-0.4, -0.2) is 20.7 Å². The smallest absolute Gasteiger partial charge is 0.294 e. The lowest BCUT2D eigenvalue weighted by atomic mass is 9.75. The minimum absolute atomic E-state index is 0.0829. The average molecular weight is 480 g/mol. The standard InChI is InChI=1S/C26H20F3N3OS/c1-25(2)8-7-20-19(23(25)33)5-6-21(32-20)24-31-14-22(34-24)17-10-16(15-4-3-9-30-13-15)11-18(12-17)26(27,28)29/h3-6,9-14H,7-8H2,1-2H3. The summed E-state index contributed by atoms with van der Waals surface area (Å²) in [5.41, 5.74) is 2.32. The third-order valence-corrected chi connectivity index (χ3v) is 7.15. The Kier molecular flexibility index (Phi) is 5.36. The number of pyridine rings is 2. The lowest BCUT2D eigenvalue weighted by Gasteiger charge is -2.28. The minimum Gasteiger partial charge on any atom is -0.294 e. The van der Waals surface area contributed by atoms with Gasteiger partial charge in [0.25, 0.3) is 0 Å². The number of rotatable bonds is 3. The molecule has 0 fully saturated rings. The van der Waals surface area contributed by atoms with Crippen molar-refractivity contribution in [3.05, 3.63) is 77.9 Å². The van der Waals surface area contributed by atoms with Gasteiger partial charge in [-0.1, -0.05) is 19.9 Å². The average Bonchev–Trinajstić information content (AvgIpc) is 3.32. The van der Waals surface area contributed by atoms with Gasteiger partial charge in [0, 0.05) is 35.1 Å². The van der Waals surface area contributed by atoms with Crippen LogP contribution in [0.25, 0.3) is 32.3 Å². The van der Waals surface area contributed by atoms with Crippen LogP contribution in [0.15, 0.2) is 61.1 Å². The fourth-order valence-corrected chi connectivity index (χ4v) is 4.96. The van der Waals surface area contributed by atoms with E-state index in [4.69, 9.17) is 0 Å². The Morgan fingerprint density at radius 1 is 1.00 bits per heavy atom. The van der Waals surface area contributed by atoms with Gasteiger partial charge < -0.3 is 0 Å². The predicted molar refractivity (Wildman–Crippen MR) is 125 cm³/mol. The van der Waals surface area contributed by atoms with Gasteiger partial charge in [0.1, 0.15) is 5.01 Å². The van der Waals surface area contributed by atoms with Crippen molar-refractivity contribution in [3.63, 3.8) is 0 Å². The number of hydrogen-bond acceptors (Lipinski definition) is 5. The highest BCUT2D eigenvalue weighted by Crippen LogP contribution is 2.40. The third kappa shape index (κ3) is 4.14. The summed E-state index contributed by atoms with van der Waals surface area (Å²) in [5, 5.41) is 0.593. The largest absolute Gasteiger partial charge is 0.416 e. The van der Waals surface area contributed by atoms with Gasteiger partial charge in [0.15, 0.2) is 5.78 Å². The maximum atomic E-state index is 13.6. The van der Waals surface area contributed by atoms with E-state index in [-0.39, 0.29) is 5.78 Å². The SMILES string of the molecule is CC1(C)CCc2nc(-c3ncc(-c4cc(-c5cccnc5)cc(C(F)(F)F)c4)s3)ccc2C1=O. The maximum absolute atomic E-state index is 13.6. The lowest BCUT2D eigenvalue weighted by molar-refractivity contribution is -0.137. The number of aromatic nitrogens is 3. The first-order valence-electron chi connectivity index (χ1n) is 10.8. The number of Topliss-reactive ketones (excluding diaryl/α,β-unsaturated/α-hetero) is 1. The molecule has 1 aliphatic rings. The number of halogens is 3. The molecule has 0 N–H and O–H groups in total. The molecule has 4 aromatic rings. The Balaban J connectivity index is 1.54. The molecule has 3 aromatic heterocycles. The molecular weight excluding hydrogens is 459 g/mol. The van der Waals surface area contributed by atoms with Gasteiger partial charge in [-0.25, -0.2) is 9.97 Å². The van der Waals surface area contributed by atoms with Crippen LogP contribution in [0.2, 0.25) is 0 Å². The normalized spacial score (nSPS) is 15.3. The van der Waals surface area contributed by atoms with Crippen molar-refractivity contribution in [2.45, 2.75) is 32.9 Å². The van der Waals surface area contributed by atoms with Gasteiger partial charge in [-0.2, -0.15) is 13.2 Å². The Morgan fingerprint density at radius 3 is 2.53 bits per heavy atom. The number of alkyl halides is 3. The fourth-order valence-electron chi connectivity index (χ4n) is 4.09. The van der Waals surface area contributed by atoms with Crippen LogP contribution in [0.4, 0.5) is 13.2 Å². The zero-order valence-electron chi connectivity index (χ0n) is 18.5. The number of carbonyl (C=O) groups excluding carboxylic acids is 1. The number of nitrogens with zero attached hydrogens (tertiary/aromatic N) is 3. The van der Waals surface area contributed by atoms with Crippen molar-refractivity contribution in [1.82, 2.24) is 15.0 Å². The number of hydrogen-bond donors (Lipinski definition) is 0. The molecule has 5 rings (SSSR count). The third-order valence-electron chi connectivity index (χ3n) is 6.08. The van der Waals surface area contributed by atoms with Crippen LogP contribution in [0.3, 0.4) is 0 Å². The highest BCUT2D eigenvalue weighted by molar-refractivity contribution is 7.18. The number of thiazole rings is 1. The zero-order valence-corrected chi connectivity index (χ0v) is 19.3. The molecule has 0 saturated heterocycles. The Hall–Kier alpha value is -3.39. The summed E-state index contributed by atoms with van der Waals surface area (Å²) in [6.45, 7) is 3.88. The molecule has 1 aliphatic carbocycles. The summed E-state index contributed by atoms with van der Waals surface area (Å²) < 4.78 is 40.9. The van der Waals surface area contributed by atoms with Crippen LogP contribution >= 0.6 is 11.3 Å². The van der Waals surface area contributed by atoms with E-state index in [2.05, 4.69) is 15.0 Å². The monoisotopic (exact) mass is 479 g/mol. The van der Waals surface area contributed by atoms with Crippen molar-refractivity contribution in [2.75, 3.05) is 0 Å². The highest BCUT2D eigenvalue weighted by atomic mass is 32.1. The van der Waals surface area contributed by atoms with Crippen molar-refractivity contribution < 1.29 is 18.0 Å². The van der Waals surface area contributed by atoms with Crippen molar-refractivity contribution in [1.29, 1.82) is 0 Å². The van der Waals surface area contributed by atoms with E-state index in [0.717, 1.165) is 24.2 Å². The molecule has 0 radical (unpaired) electrons. The maximum Gasteiger partial charge on any atom is 0.416 e. The Bertz CT molecular complexity index is 1390. The molecule has 0 bridgehead atoms. The van der Waals surface area contributed by atoms with Gasteiger partial charge in [0.05, 0.1) is 21.8 Å². The number of fused-ring (bicyclic) bond motifs is 1. The molecule has 0 saturated carbocycles. The number of ketones is 1. The summed E-state index contributed by atoms with van der Waals surface area (Å²) in [5.74, 6) is 0.0829. The summed E-state index contributed by atoms with van der Waals surface area (Å²) in [4.78, 5) is 26.4. The quantitative estimate of drug-likeness (QED) is 0.314. The van der Waals surface area contributed by atoms with E-state index in [1.807, 2.05) is 13.8 Å². The van der Waals surface area contributed by atoms with E-state index in [1.165, 1.54) is 17.5 Å². The second-order valence-corrected chi connectivity index (χ2v) is 10.0. The molecule has 0 aliphatic heterocycles. The van der Waals surface area contributed by atoms with Crippen molar-refractivity contribution in [3.8, 4) is 32.3 Å². The summed E-state index contributed by atoms with van der Waals surface area (Å²) in [6.07, 6.45) is 1.62. The van der Waals surface area contributed by atoms with E-state index in [9.17, 15) is 18.0 Å². The minimum atomic E-state index is -4.49. The first kappa shape index (κ1) is 22.4. The highest BCUT2D eigenvalue weighted by Gasteiger charge is 2.35. The van der Waals surface area contributed by atoms with Crippen molar-refractivity contribution in [2.24, 2.45) is 5.41 Å². The number of benzene rings is 1. The summed E-state index contributed by atoms with van der Waals surface area (Å²) in [6, 6.07) is 10.9. The molecule has 0 unspecified atom stereocenters. The molecule has 0 spiro atoms. The van der Waals surface area contributed by atoms with Crippen LogP contribution in [0.1, 0.15) is 41.9 Å². The Morgan fingerprint density at radius 2 is 1.79 bits per heavy atom. The fraction of sp³-hybridized carbons (Fsp3) is 0.231. The summed E-state index contributed by atoms with van der Waals surface area (Å²) in [7, 11) is 0. The second kappa shape index (κ2) is 8.13. The zero-order chi connectivity index (χ0) is 24.1. The molecule has 4 nitrogen and oxygen atoms in total. The second-order valence-electron chi connectivity index (χ2n) is 8.97. The number of aryl methyl sites for hydroxylation is 1. The van der Waals surface area contributed by atoms with Crippen LogP contribution < -0.4 is 0 Å². The molecule has 34 heavy (non-hydrogen) atoms. The molecule has 0 atom stereocenters. The van der Waals surface area contributed by atoms with Gasteiger partial charge in [-0.15, -0.1) is 11.3 Å². The van der Waals surface area contributed by atoms with Crippen molar-refractivity contribution >= 4 is 17.1 Å². The summed E-state index contributed by atoms with van der Waals surface area (Å²) >= 11 is 1.27. The predicted octanol–water partition coefficient (Wildman–Crippen LogP) is 7.11. The topological polar surface area (TPSA) is 55.7 Å². The molecule has 0 amide bonds. The number of carbonyl (C=O) groups is 1. The van der Waals surface area contributed by atoms with Crippen LogP contribution in [-0.2, 0) is 12.6 Å². The molecule has 8 heteroatoms. The van der Waals surface area contributed by atoms with E-state index in [0.29, 0.717) is 44.3 Å². The molecule has 172 valence electrons. The Labute approximate surface area is 198 Å². The lowest BCUT2D eigenvalue weighted by Crippen LogP contribution is -2.31. The molecule has 3 heterocycles. The molecule has 1 aromatic carbocycles. The van der Waals surface area contributed by atoms with Gasteiger partial charge in [0.2, 0.25) is 0 Å². The van der Waals surface area contributed by atoms with E-state index >= 15 is 0 Å². The van der Waals surface area contributed by atoms with Gasteiger partial charge in [-0.05, 0) is 60.4 Å². The van der Waals surface area contributed by atoms with E-state index in [1.54, 1.807) is 42.7 Å². The van der Waals surface area contributed by atoms with Gasteiger partial charge in [-0.3, -0.25) is 9.78 Å². The first-order valence-corrected chi connectivity index (χ1v) is 11.6. The van der Waals surface area contributed by atoms with Crippen LogP contribution in [0.5, 0.6) is 0 Å². The van der Waals surface area contributed by atoms with E-state index < -0.39 is 17.2 Å². The van der Waals surface area contributed by atoms with Crippen LogP contribution in [0, 0.1) is 5.41 Å². The molecular formula is C26H20F3N3OS.